The number of rotatable bonds is 4. The number of hydrogen-bond donors (Lipinski definition) is 2. The first kappa shape index (κ1) is 22.2. The summed E-state index contributed by atoms with van der Waals surface area (Å²) in [7, 11) is 0. The maximum atomic E-state index is 13.3. The van der Waals surface area contributed by atoms with E-state index in [1.54, 1.807) is 20.8 Å². The van der Waals surface area contributed by atoms with E-state index in [9.17, 15) is 18.0 Å². The van der Waals surface area contributed by atoms with Crippen molar-refractivity contribution in [3.8, 4) is 5.75 Å². The zero-order valence-corrected chi connectivity index (χ0v) is 18.5. The number of alkyl carbamates (subject to hydrolysis) is 1. The molecule has 0 saturated heterocycles. The van der Waals surface area contributed by atoms with E-state index in [-0.39, 0.29) is 12.2 Å². The lowest BCUT2D eigenvalue weighted by molar-refractivity contribution is -0.137. The molecule has 2 heterocycles. The first-order valence-electron chi connectivity index (χ1n) is 9.99. The highest BCUT2D eigenvalue weighted by Gasteiger charge is 2.31. The van der Waals surface area contributed by atoms with Crippen LogP contribution in [-0.2, 0) is 23.9 Å². The molecule has 0 unspecified atom stereocenters. The van der Waals surface area contributed by atoms with E-state index in [4.69, 9.17) is 9.47 Å². The number of nitrogens with one attached hydrogen (secondary N) is 2. The molecule has 1 aliphatic heterocycles. The molecular formula is C22H22F3N3O3S. The minimum atomic E-state index is -4.50. The van der Waals surface area contributed by atoms with Crippen LogP contribution in [0.15, 0.2) is 30.3 Å². The van der Waals surface area contributed by atoms with Crippen molar-refractivity contribution < 1.29 is 27.4 Å². The van der Waals surface area contributed by atoms with Crippen LogP contribution in [0.3, 0.4) is 0 Å². The molecule has 0 saturated carbocycles. The Morgan fingerprint density at radius 2 is 2.00 bits per heavy atom. The summed E-state index contributed by atoms with van der Waals surface area (Å²) in [5, 5.41) is 6.05. The second-order valence-corrected chi connectivity index (χ2v) is 9.39. The summed E-state index contributed by atoms with van der Waals surface area (Å²) in [5.74, 6) is 0.788. The predicted molar refractivity (Wildman–Crippen MR) is 117 cm³/mol. The molecule has 0 bridgehead atoms. The summed E-state index contributed by atoms with van der Waals surface area (Å²) in [6, 6.07) is 7.11. The Hall–Kier alpha value is -3.01. The van der Waals surface area contributed by atoms with Crippen LogP contribution in [-0.4, -0.2) is 23.3 Å². The van der Waals surface area contributed by atoms with Crippen molar-refractivity contribution in [2.45, 2.75) is 45.5 Å². The first-order chi connectivity index (χ1) is 15.0. The van der Waals surface area contributed by atoms with Crippen LogP contribution < -0.4 is 15.4 Å². The largest absolute Gasteiger partial charge is 0.493 e. The molecule has 0 spiro atoms. The van der Waals surface area contributed by atoms with Crippen LogP contribution in [0.25, 0.3) is 10.2 Å². The number of fused-ring (bicyclic) bond motifs is 3. The third kappa shape index (κ3) is 4.90. The molecule has 4 rings (SSSR count). The number of aromatic nitrogens is 1. The molecule has 0 fully saturated rings. The fourth-order valence-electron chi connectivity index (χ4n) is 3.34. The van der Waals surface area contributed by atoms with Gasteiger partial charge in [-0.25, -0.2) is 9.78 Å². The third-order valence-corrected chi connectivity index (χ3v) is 5.67. The smallest absolute Gasteiger partial charge is 0.416 e. The van der Waals surface area contributed by atoms with Gasteiger partial charge in [0.15, 0.2) is 5.13 Å². The maximum Gasteiger partial charge on any atom is 0.416 e. The van der Waals surface area contributed by atoms with Gasteiger partial charge in [-0.1, -0.05) is 17.4 Å². The van der Waals surface area contributed by atoms with Crippen LogP contribution in [0, 0.1) is 0 Å². The number of hydrogen-bond acceptors (Lipinski definition) is 6. The lowest BCUT2D eigenvalue weighted by Gasteiger charge is -2.20. The summed E-state index contributed by atoms with van der Waals surface area (Å²) >= 11 is 1.34. The van der Waals surface area contributed by atoms with Crippen molar-refractivity contribution in [1.82, 2.24) is 10.3 Å². The highest BCUT2D eigenvalue weighted by Crippen LogP contribution is 2.38. The summed E-state index contributed by atoms with van der Waals surface area (Å²) in [4.78, 5) is 16.6. The quantitative estimate of drug-likeness (QED) is 0.493. The average Bonchev–Trinajstić information content (AvgIpc) is 3.30. The molecule has 0 radical (unpaired) electrons. The third-order valence-electron chi connectivity index (χ3n) is 4.73. The Morgan fingerprint density at radius 3 is 2.72 bits per heavy atom. The van der Waals surface area contributed by atoms with E-state index in [1.165, 1.54) is 17.4 Å². The summed E-state index contributed by atoms with van der Waals surface area (Å²) in [6.45, 7) is 5.76. The lowest BCUT2D eigenvalue weighted by atomic mass is 10.1. The van der Waals surface area contributed by atoms with Gasteiger partial charge in [0.25, 0.3) is 0 Å². The Labute approximate surface area is 186 Å². The van der Waals surface area contributed by atoms with Crippen molar-refractivity contribution in [1.29, 1.82) is 0 Å². The van der Waals surface area contributed by atoms with Gasteiger partial charge in [0.1, 0.15) is 11.4 Å². The normalized spacial score (nSPS) is 13.6. The SMILES string of the molecule is CC(C)(C)OC(=O)NCc1ccc(C(F)(F)F)cc1Nc1nc2c3c(ccc2s1)OCC3. The fourth-order valence-corrected chi connectivity index (χ4v) is 4.25. The number of amides is 1. The van der Waals surface area contributed by atoms with Gasteiger partial charge in [0.05, 0.1) is 22.4 Å². The molecule has 10 heteroatoms. The molecule has 2 N–H and O–H groups in total. The first-order valence-corrected chi connectivity index (χ1v) is 10.8. The van der Waals surface area contributed by atoms with Gasteiger partial charge in [-0.05, 0) is 50.6 Å². The molecule has 1 amide bonds. The van der Waals surface area contributed by atoms with Crippen molar-refractivity contribution in [3.63, 3.8) is 0 Å². The Kier molecular flexibility index (Phi) is 5.66. The van der Waals surface area contributed by atoms with Gasteiger partial charge in [-0.3, -0.25) is 0 Å². The predicted octanol–water partition coefficient (Wildman–Crippen LogP) is 6.02. The van der Waals surface area contributed by atoms with E-state index in [2.05, 4.69) is 15.6 Å². The molecule has 32 heavy (non-hydrogen) atoms. The Bertz CT molecular complexity index is 1170. The van der Waals surface area contributed by atoms with Crippen LogP contribution in [0.1, 0.15) is 37.5 Å². The van der Waals surface area contributed by atoms with E-state index in [0.717, 1.165) is 40.1 Å². The van der Waals surface area contributed by atoms with E-state index in [1.807, 2.05) is 12.1 Å². The molecule has 170 valence electrons. The highest BCUT2D eigenvalue weighted by molar-refractivity contribution is 7.22. The second kappa shape index (κ2) is 8.16. The van der Waals surface area contributed by atoms with E-state index < -0.39 is 23.4 Å². The number of carbonyl (C=O) groups excluding carboxylic acids is 1. The monoisotopic (exact) mass is 465 g/mol. The number of benzene rings is 2. The Balaban J connectivity index is 1.62. The summed E-state index contributed by atoms with van der Waals surface area (Å²) < 4.78 is 51.6. The molecule has 0 atom stereocenters. The van der Waals surface area contributed by atoms with E-state index in [0.29, 0.717) is 17.3 Å². The van der Waals surface area contributed by atoms with Gasteiger partial charge in [-0.15, -0.1) is 0 Å². The van der Waals surface area contributed by atoms with Crippen molar-refractivity contribution in [2.75, 3.05) is 11.9 Å². The van der Waals surface area contributed by atoms with Crippen LogP contribution in [0.5, 0.6) is 5.75 Å². The summed E-state index contributed by atoms with van der Waals surface area (Å²) in [6.07, 6.45) is -4.41. The van der Waals surface area contributed by atoms with Gasteiger partial charge >= 0.3 is 12.3 Å². The molecule has 1 aliphatic rings. The lowest BCUT2D eigenvalue weighted by Crippen LogP contribution is -2.32. The zero-order chi connectivity index (χ0) is 23.1. The molecule has 3 aromatic rings. The van der Waals surface area contributed by atoms with Gasteiger partial charge in [0, 0.05) is 24.2 Å². The fraction of sp³-hybridized carbons (Fsp3) is 0.364. The standard InChI is InChI=1S/C22H22F3N3O3S/c1-21(2,3)31-20(29)26-11-12-4-5-13(22(23,24)25)10-15(12)27-19-28-18-14-8-9-30-16(14)6-7-17(18)32-19/h4-7,10H,8-9,11H2,1-3H3,(H,26,29)(H,27,28). The second-order valence-electron chi connectivity index (χ2n) is 8.36. The van der Waals surface area contributed by atoms with Crippen molar-refractivity contribution in [2.24, 2.45) is 0 Å². The van der Waals surface area contributed by atoms with Gasteiger partial charge in [0.2, 0.25) is 0 Å². The topological polar surface area (TPSA) is 72.5 Å². The van der Waals surface area contributed by atoms with Crippen LogP contribution >= 0.6 is 11.3 Å². The number of thiazole rings is 1. The average molecular weight is 465 g/mol. The van der Waals surface area contributed by atoms with Gasteiger partial charge in [-0.2, -0.15) is 13.2 Å². The number of anilines is 2. The van der Waals surface area contributed by atoms with Crippen LogP contribution in [0.4, 0.5) is 28.8 Å². The molecule has 6 nitrogen and oxygen atoms in total. The van der Waals surface area contributed by atoms with Gasteiger partial charge < -0.3 is 20.1 Å². The minimum absolute atomic E-state index is 0.0104. The number of nitrogens with zero attached hydrogens (tertiary/aromatic N) is 1. The zero-order valence-electron chi connectivity index (χ0n) is 17.7. The maximum absolute atomic E-state index is 13.3. The number of halogens is 3. The number of ether oxygens (including phenoxy) is 2. The Morgan fingerprint density at radius 1 is 1.22 bits per heavy atom. The molecule has 0 aliphatic carbocycles. The molecule has 1 aromatic heterocycles. The number of carbonyl (C=O) groups is 1. The van der Waals surface area contributed by atoms with Crippen molar-refractivity contribution in [3.05, 3.63) is 47.0 Å². The van der Waals surface area contributed by atoms with Crippen LogP contribution in [0.2, 0.25) is 0 Å². The number of alkyl halides is 3. The molecular weight excluding hydrogens is 443 g/mol. The van der Waals surface area contributed by atoms with Crippen molar-refractivity contribution >= 4 is 38.5 Å². The highest BCUT2D eigenvalue weighted by atomic mass is 32.1. The molecule has 2 aromatic carbocycles. The van der Waals surface area contributed by atoms with E-state index >= 15 is 0 Å². The summed E-state index contributed by atoms with van der Waals surface area (Å²) in [5.41, 5.74) is 0.988. The minimum Gasteiger partial charge on any atom is -0.493 e.